The van der Waals surface area contributed by atoms with Gasteiger partial charge >= 0.3 is 0 Å². The molecule has 0 N–H and O–H groups in total. The Kier molecular flexibility index (Phi) is 4.67. The maximum absolute atomic E-state index is 2.39. The Labute approximate surface area is 147 Å². The molecule has 0 radical (unpaired) electrons. The van der Waals surface area contributed by atoms with Gasteiger partial charge in [0.25, 0.3) is 0 Å². The molecule has 0 spiro atoms. The van der Waals surface area contributed by atoms with Gasteiger partial charge in [-0.15, -0.1) is 0 Å². The summed E-state index contributed by atoms with van der Waals surface area (Å²) < 4.78 is 0. The van der Waals surface area contributed by atoms with E-state index in [9.17, 15) is 0 Å². The molecule has 0 nitrogen and oxygen atoms in total. The van der Waals surface area contributed by atoms with E-state index in [-0.39, 0.29) is 5.41 Å². The van der Waals surface area contributed by atoms with Crippen molar-refractivity contribution in [2.45, 2.75) is 60.3 Å². The topological polar surface area (TPSA) is 0 Å². The van der Waals surface area contributed by atoms with Crippen LogP contribution in [0.15, 0.2) is 48.0 Å². The second-order valence-corrected chi connectivity index (χ2v) is 8.17. The fraction of sp³-hybridized carbons (Fsp3) is 0.417. The fourth-order valence-corrected chi connectivity index (χ4v) is 3.90. The molecule has 0 aliphatic heterocycles. The highest BCUT2D eigenvalue weighted by Gasteiger charge is 2.26. The maximum Gasteiger partial charge on any atom is -0.0111 e. The van der Waals surface area contributed by atoms with Gasteiger partial charge < -0.3 is 0 Å². The summed E-state index contributed by atoms with van der Waals surface area (Å²) in [4.78, 5) is 0. The van der Waals surface area contributed by atoms with Gasteiger partial charge in [0.05, 0.1) is 0 Å². The predicted molar refractivity (Wildman–Crippen MR) is 105 cm³/mol. The smallest absolute Gasteiger partial charge is 0.0111 e. The van der Waals surface area contributed by atoms with Gasteiger partial charge in [-0.1, -0.05) is 81.3 Å². The van der Waals surface area contributed by atoms with E-state index in [1.165, 1.54) is 52.7 Å². The van der Waals surface area contributed by atoms with E-state index in [0.717, 1.165) is 6.42 Å². The normalized spacial score (nSPS) is 15.2. The van der Waals surface area contributed by atoms with Gasteiger partial charge in [0.1, 0.15) is 0 Å². The van der Waals surface area contributed by atoms with E-state index >= 15 is 0 Å². The SMILES string of the molecule is CCc1ccc(C2=C(C(C)(C)C)CCCc3cc(C)ccc32)cc1. The minimum Gasteiger partial charge on any atom is -0.0613 e. The van der Waals surface area contributed by atoms with Crippen molar-refractivity contribution in [1.29, 1.82) is 0 Å². The van der Waals surface area contributed by atoms with E-state index < -0.39 is 0 Å². The average Bonchev–Trinajstić information content (AvgIpc) is 2.73. The molecular weight excluding hydrogens is 288 g/mol. The molecule has 0 aromatic heterocycles. The summed E-state index contributed by atoms with van der Waals surface area (Å²) in [5, 5.41) is 0. The lowest BCUT2D eigenvalue weighted by molar-refractivity contribution is 0.481. The molecule has 0 heteroatoms. The van der Waals surface area contributed by atoms with Crippen LogP contribution in [0.25, 0.3) is 5.57 Å². The third kappa shape index (κ3) is 3.34. The largest absolute Gasteiger partial charge is 0.0613 e. The van der Waals surface area contributed by atoms with E-state index in [1.807, 2.05) is 0 Å². The highest BCUT2D eigenvalue weighted by Crippen LogP contribution is 2.42. The number of benzene rings is 2. The van der Waals surface area contributed by atoms with Gasteiger partial charge in [-0.2, -0.15) is 0 Å². The monoisotopic (exact) mass is 318 g/mol. The first-order valence-electron chi connectivity index (χ1n) is 9.33. The number of hydrogen-bond acceptors (Lipinski definition) is 0. The lowest BCUT2D eigenvalue weighted by Crippen LogP contribution is -2.12. The van der Waals surface area contributed by atoms with Gasteiger partial charge in [0, 0.05) is 0 Å². The third-order valence-corrected chi connectivity index (χ3v) is 5.26. The van der Waals surface area contributed by atoms with Gasteiger partial charge in [-0.25, -0.2) is 0 Å². The Balaban J connectivity index is 2.26. The van der Waals surface area contributed by atoms with Crippen molar-refractivity contribution >= 4 is 5.57 Å². The zero-order valence-corrected chi connectivity index (χ0v) is 15.9. The van der Waals surface area contributed by atoms with Crippen LogP contribution < -0.4 is 0 Å². The van der Waals surface area contributed by atoms with Crippen LogP contribution >= 0.6 is 0 Å². The molecule has 126 valence electrons. The quantitative estimate of drug-likeness (QED) is 0.575. The first-order valence-corrected chi connectivity index (χ1v) is 9.33. The number of fused-ring (bicyclic) bond motifs is 1. The maximum atomic E-state index is 2.39. The summed E-state index contributed by atoms with van der Waals surface area (Å²) >= 11 is 0. The van der Waals surface area contributed by atoms with Crippen molar-refractivity contribution in [3.63, 3.8) is 0 Å². The molecule has 2 aromatic carbocycles. The van der Waals surface area contributed by atoms with Crippen LogP contribution in [0, 0.1) is 12.3 Å². The van der Waals surface area contributed by atoms with Gasteiger partial charge in [-0.05, 0) is 65.8 Å². The Hall–Kier alpha value is -1.82. The number of hydrogen-bond donors (Lipinski definition) is 0. The first kappa shape index (κ1) is 17.0. The molecule has 3 rings (SSSR count). The van der Waals surface area contributed by atoms with Crippen molar-refractivity contribution in [1.82, 2.24) is 0 Å². The molecule has 0 atom stereocenters. The standard InChI is InChI=1S/C24H30/c1-6-18-11-13-19(14-12-18)23-21-15-10-17(2)16-20(21)8-7-9-22(23)24(3,4)5/h10-16H,6-9H2,1-5H3. The van der Waals surface area contributed by atoms with E-state index in [2.05, 4.69) is 77.1 Å². The summed E-state index contributed by atoms with van der Waals surface area (Å²) in [5.74, 6) is 0. The first-order chi connectivity index (χ1) is 11.4. The second-order valence-electron chi connectivity index (χ2n) is 8.17. The van der Waals surface area contributed by atoms with Crippen LogP contribution in [0.1, 0.15) is 68.4 Å². The summed E-state index contributed by atoms with van der Waals surface area (Å²) in [6, 6.07) is 16.3. The summed E-state index contributed by atoms with van der Waals surface area (Å²) in [7, 11) is 0. The molecule has 0 fully saturated rings. The Bertz CT molecular complexity index is 752. The molecule has 0 heterocycles. The molecular formula is C24H30. The molecule has 0 saturated carbocycles. The molecule has 0 unspecified atom stereocenters. The van der Waals surface area contributed by atoms with Gasteiger partial charge in [-0.3, -0.25) is 0 Å². The molecule has 0 bridgehead atoms. The fourth-order valence-electron chi connectivity index (χ4n) is 3.90. The summed E-state index contributed by atoms with van der Waals surface area (Å²) in [6.45, 7) is 11.5. The molecule has 0 amide bonds. The second kappa shape index (κ2) is 6.59. The highest BCUT2D eigenvalue weighted by atomic mass is 14.3. The summed E-state index contributed by atoms with van der Waals surface area (Å²) in [6.07, 6.45) is 4.73. The van der Waals surface area contributed by atoms with Crippen LogP contribution in [0.5, 0.6) is 0 Å². The minimum atomic E-state index is 0.200. The van der Waals surface area contributed by atoms with E-state index in [0.29, 0.717) is 0 Å². The molecule has 2 aromatic rings. The van der Waals surface area contributed by atoms with Gasteiger partial charge in [0.2, 0.25) is 0 Å². The van der Waals surface area contributed by atoms with Crippen molar-refractivity contribution in [3.05, 3.63) is 75.9 Å². The zero-order chi connectivity index (χ0) is 17.3. The van der Waals surface area contributed by atoms with Crippen LogP contribution in [0.3, 0.4) is 0 Å². The van der Waals surface area contributed by atoms with E-state index in [4.69, 9.17) is 0 Å². The zero-order valence-electron chi connectivity index (χ0n) is 15.9. The average molecular weight is 319 g/mol. The summed E-state index contributed by atoms with van der Waals surface area (Å²) in [5.41, 5.74) is 10.4. The van der Waals surface area contributed by atoms with Crippen molar-refractivity contribution in [2.24, 2.45) is 5.41 Å². The minimum absolute atomic E-state index is 0.200. The van der Waals surface area contributed by atoms with Crippen molar-refractivity contribution < 1.29 is 0 Å². The Morgan fingerprint density at radius 1 is 0.917 bits per heavy atom. The van der Waals surface area contributed by atoms with Crippen LogP contribution in [0.4, 0.5) is 0 Å². The molecule has 1 aliphatic rings. The number of allylic oxidation sites excluding steroid dienone is 1. The number of rotatable bonds is 2. The highest BCUT2D eigenvalue weighted by molar-refractivity contribution is 5.85. The predicted octanol–water partition coefficient (Wildman–Crippen LogP) is 6.74. The van der Waals surface area contributed by atoms with Crippen molar-refractivity contribution in [2.75, 3.05) is 0 Å². The lowest BCUT2D eigenvalue weighted by Gasteiger charge is -2.27. The third-order valence-electron chi connectivity index (χ3n) is 5.26. The molecule has 1 aliphatic carbocycles. The van der Waals surface area contributed by atoms with Crippen molar-refractivity contribution in [3.8, 4) is 0 Å². The number of aryl methyl sites for hydroxylation is 3. The molecule has 0 saturated heterocycles. The van der Waals surface area contributed by atoms with Crippen LogP contribution in [0.2, 0.25) is 0 Å². The Morgan fingerprint density at radius 2 is 1.62 bits per heavy atom. The lowest BCUT2D eigenvalue weighted by atomic mass is 9.78. The van der Waals surface area contributed by atoms with Crippen LogP contribution in [-0.2, 0) is 12.8 Å². The van der Waals surface area contributed by atoms with E-state index in [1.54, 1.807) is 5.57 Å². The van der Waals surface area contributed by atoms with Crippen LogP contribution in [-0.4, -0.2) is 0 Å². The molecule has 24 heavy (non-hydrogen) atoms. The van der Waals surface area contributed by atoms with Gasteiger partial charge in [0.15, 0.2) is 0 Å². The Morgan fingerprint density at radius 3 is 2.25 bits per heavy atom.